The van der Waals surface area contributed by atoms with Crippen molar-refractivity contribution in [3.05, 3.63) is 28.3 Å². The molecular formula is C12H16N2O5S. The molecule has 0 bridgehead atoms. The van der Waals surface area contributed by atoms with Crippen molar-refractivity contribution in [3.8, 4) is 5.75 Å². The lowest BCUT2D eigenvalue weighted by Crippen LogP contribution is -2.34. The van der Waals surface area contributed by atoms with Crippen molar-refractivity contribution in [2.75, 3.05) is 7.11 Å². The average molecular weight is 300 g/mol. The molecule has 0 amide bonds. The number of nitro benzene ring substituents is 1. The molecule has 20 heavy (non-hydrogen) atoms. The Labute approximate surface area is 117 Å². The zero-order chi connectivity index (χ0) is 14.9. The molecule has 1 fully saturated rings. The minimum atomic E-state index is -3.91. The van der Waals surface area contributed by atoms with Gasteiger partial charge in [0.25, 0.3) is 5.69 Å². The van der Waals surface area contributed by atoms with Crippen molar-refractivity contribution in [1.29, 1.82) is 0 Å². The molecule has 7 nitrogen and oxygen atoms in total. The molecule has 0 aliphatic heterocycles. The van der Waals surface area contributed by atoms with Gasteiger partial charge in [-0.3, -0.25) is 10.1 Å². The minimum Gasteiger partial charge on any atom is -0.497 e. The fourth-order valence-corrected chi connectivity index (χ4v) is 3.46. The Morgan fingerprint density at radius 3 is 2.60 bits per heavy atom. The van der Waals surface area contributed by atoms with Gasteiger partial charge >= 0.3 is 0 Å². The number of nitro groups is 1. The number of sulfonamides is 1. The molecule has 1 aliphatic carbocycles. The van der Waals surface area contributed by atoms with Gasteiger partial charge in [0.05, 0.1) is 18.1 Å². The maximum absolute atomic E-state index is 12.2. The summed E-state index contributed by atoms with van der Waals surface area (Å²) in [6.07, 6.45) is 1.96. The molecule has 0 saturated heterocycles. The highest BCUT2D eigenvalue weighted by Gasteiger charge is 2.33. The van der Waals surface area contributed by atoms with Crippen LogP contribution in [0.2, 0.25) is 0 Å². The summed E-state index contributed by atoms with van der Waals surface area (Å²) in [6, 6.07) is 3.47. The van der Waals surface area contributed by atoms with E-state index in [-0.39, 0.29) is 16.7 Å². The van der Waals surface area contributed by atoms with Crippen molar-refractivity contribution in [3.63, 3.8) is 0 Å². The first-order valence-electron chi connectivity index (χ1n) is 6.20. The lowest BCUT2D eigenvalue weighted by molar-refractivity contribution is -0.387. The molecule has 1 aromatic rings. The van der Waals surface area contributed by atoms with Crippen LogP contribution in [0.1, 0.15) is 19.8 Å². The van der Waals surface area contributed by atoms with Crippen molar-refractivity contribution in [1.82, 2.24) is 4.72 Å². The van der Waals surface area contributed by atoms with Crippen LogP contribution >= 0.6 is 0 Å². The number of nitrogens with one attached hydrogen (secondary N) is 1. The first-order valence-corrected chi connectivity index (χ1v) is 7.68. The Morgan fingerprint density at radius 2 is 2.10 bits per heavy atom. The van der Waals surface area contributed by atoms with E-state index in [4.69, 9.17) is 4.74 Å². The van der Waals surface area contributed by atoms with Crippen molar-refractivity contribution in [2.45, 2.75) is 30.7 Å². The monoisotopic (exact) mass is 300 g/mol. The highest BCUT2D eigenvalue weighted by Crippen LogP contribution is 2.34. The van der Waals surface area contributed by atoms with Gasteiger partial charge in [-0.15, -0.1) is 0 Å². The van der Waals surface area contributed by atoms with E-state index in [1.54, 1.807) is 6.92 Å². The quantitative estimate of drug-likeness (QED) is 0.636. The highest BCUT2D eigenvalue weighted by molar-refractivity contribution is 7.89. The molecule has 1 unspecified atom stereocenters. The highest BCUT2D eigenvalue weighted by atomic mass is 32.2. The largest absolute Gasteiger partial charge is 0.497 e. The Hall–Kier alpha value is -1.67. The number of benzene rings is 1. The molecule has 1 atom stereocenters. The van der Waals surface area contributed by atoms with Crippen LogP contribution in [0.15, 0.2) is 23.1 Å². The van der Waals surface area contributed by atoms with Gasteiger partial charge < -0.3 is 4.74 Å². The summed E-state index contributed by atoms with van der Waals surface area (Å²) in [6.45, 7) is 1.77. The van der Waals surface area contributed by atoms with Gasteiger partial charge in [-0.25, -0.2) is 13.1 Å². The third kappa shape index (κ3) is 3.07. The van der Waals surface area contributed by atoms with Gasteiger partial charge in [-0.1, -0.05) is 0 Å². The smallest absolute Gasteiger partial charge is 0.293 e. The predicted octanol–water partition coefficient (Wildman–Crippen LogP) is 1.68. The Balaban J connectivity index is 2.36. The summed E-state index contributed by atoms with van der Waals surface area (Å²) in [4.78, 5) is 9.97. The summed E-state index contributed by atoms with van der Waals surface area (Å²) in [5, 5.41) is 11.0. The molecule has 1 saturated carbocycles. The van der Waals surface area contributed by atoms with E-state index in [1.165, 1.54) is 19.2 Å². The van der Waals surface area contributed by atoms with Crippen LogP contribution in [0.3, 0.4) is 0 Å². The maximum Gasteiger partial charge on any atom is 0.293 e. The normalized spacial score (nSPS) is 16.7. The zero-order valence-corrected chi connectivity index (χ0v) is 12.0. The third-order valence-electron chi connectivity index (χ3n) is 3.32. The number of hydrogen-bond donors (Lipinski definition) is 1. The van der Waals surface area contributed by atoms with Gasteiger partial charge in [-0.2, -0.15) is 0 Å². The maximum atomic E-state index is 12.2. The van der Waals surface area contributed by atoms with E-state index in [1.807, 2.05) is 0 Å². The number of ether oxygens (including phenoxy) is 1. The van der Waals surface area contributed by atoms with E-state index in [0.29, 0.717) is 5.92 Å². The van der Waals surface area contributed by atoms with Crippen molar-refractivity contribution in [2.24, 2.45) is 5.92 Å². The molecule has 0 spiro atoms. The van der Waals surface area contributed by atoms with Crippen LogP contribution in [0.25, 0.3) is 0 Å². The van der Waals surface area contributed by atoms with Crippen LogP contribution in [0, 0.1) is 16.0 Å². The SMILES string of the molecule is COc1ccc(S(=O)(=O)NC(C)C2CC2)c([N+](=O)[O-])c1. The third-order valence-corrected chi connectivity index (χ3v) is 4.93. The van der Waals surface area contributed by atoms with Crippen LogP contribution in [0.5, 0.6) is 5.75 Å². The summed E-state index contributed by atoms with van der Waals surface area (Å²) in [5.74, 6) is 0.563. The van der Waals surface area contributed by atoms with Crippen LogP contribution in [-0.4, -0.2) is 26.5 Å². The predicted molar refractivity (Wildman–Crippen MR) is 72.2 cm³/mol. The van der Waals surface area contributed by atoms with Crippen LogP contribution in [0.4, 0.5) is 5.69 Å². The molecular weight excluding hydrogens is 284 g/mol. The summed E-state index contributed by atoms with van der Waals surface area (Å²) >= 11 is 0. The molecule has 8 heteroatoms. The Bertz CT molecular complexity index is 625. The minimum absolute atomic E-state index is 0.221. The molecule has 110 valence electrons. The van der Waals surface area contributed by atoms with E-state index < -0.39 is 20.6 Å². The number of hydrogen-bond acceptors (Lipinski definition) is 5. The molecule has 2 rings (SSSR count). The van der Waals surface area contributed by atoms with Gasteiger partial charge in [0.15, 0.2) is 4.90 Å². The fraction of sp³-hybridized carbons (Fsp3) is 0.500. The lowest BCUT2D eigenvalue weighted by atomic mass is 10.2. The number of methoxy groups -OCH3 is 1. The van der Waals surface area contributed by atoms with Gasteiger partial charge in [0, 0.05) is 6.04 Å². The fourth-order valence-electron chi connectivity index (χ4n) is 1.99. The summed E-state index contributed by atoms with van der Waals surface area (Å²) < 4.78 is 31.9. The Morgan fingerprint density at radius 1 is 1.45 bits per heavy atom. The average Bonchev–Trinajstić information content (AvgIpc) is 3.21. The van der Waals surface area contributed by atoms with Gasteiger partial charge in [0.2, 0.25) is 10.0 Å². The summed E-state index contributed by atoms with van der Waals surface area (Å²) in [7, 11) is -2.55. The topological polar surface area (TPSA) is 98.5 Å². The number of nitrogens with zero attached hydrogens (tertiary/aromatic N) is 1. The number of rotatable bonds is 6. The van der Waals surface area contributed by atoms with E-state index in [0.717, 1.165) is 18.9 Å². The van der Waals surface area contributed by atoms with Crippen molar-refractivity contribution < 1.29 is 18.1 Å². The van der Waals surface area contributed by atoms with Crippen LogP contribution < -0.4 is 9.46 Å². The summed E-state index contributed by atoms with van der Waals surface area (Å²) in [5.41, 5.74) is -0.486. The second-order valence-corrected chi connectivity index (χ2v) is 6.52. The van der Waals surface area contributed by atoms with Gasteiger partial charge in [0.1, 0.15) is 5.75 Å². The van der Waals surface area contributed by atoms with Crippen LogP contribution in [-0.2, 0) is 10.0 Å². The molecule has 0 heterocycles. The Kier molecular flexibility index (Phi) is 3.96. The standard InChI is InChI=1S/C12H16N2O5S/c1-8(9-3-4-9)13-20(17,18)12-6-5-10(19-2)7-11(12)14(15)16/h5-9,13H,3-4H2,1-2H3. The van der Waals surface area contributed by atoms with E-state index >= 15 is 0 Å². The first kappa shape index (κ1) is 14.7. The second kappa shape index (κ2) is 5.37. The lowest BCUT2D eigenvalue weighted by Gasteiger charge is -2.13. The molecule has 0 aromatic heterocycles. The van der Waals surface area contributed by atoms with E-state index in [9.17, 15) is 18.5 Å². The first-order chi connectivity index (χ1) is 9.35. The molecule has 1 aliphatic rings. The van der Waals surface area contributed by atoms with E-state index in [2.05, 4.69) is 4.72 Å². The zero-order valence-electron chi connectivity index (χ0n) is 11.2. The second-order valence-electron chi connectivity index (χ2n) is 4.84. The molecule has 1 aromatic carbocycles. The molecule has 0 radical (unpaired) electrons. The molecule has 1 N–H and O–H groups in total. The van der Waals surface area contributed by atoms with Crippen molar-refractivity contribution >= 4 is 15.7 Å². The van der Waals surface area contributed by atoms with Gasteiger partial charge in [-0.05, 0) is 37.8 Å².